The highest BCUT2D eigenvalue weighted by Gasteiger charge is 2.24. The molecular formula is C18H24N4O. The van der Waals surface area contributed by atoms with E-state index in [-0.39, 0.29) is 5.91 Å². The van der Waals surface area contributed by atoms with E-state index in [0.29, 0.717) is 12.5 Å². The molecule has 1 saturated heterocycles. The van der Waals surface area contributed by atoms with Crippen molar-refractivity contribution in [2.75, 3.05) is 27.2 Å². The van der Waals surface area contributed by atoms with Crippen molar-refractivity contribution in [3.05, 3.63) is 48.3 Å². The predicted molar refractivity (Wildman–Crippen MR) is 90.6 cm³/mol. The lowest BCUT2D eigenvalue weighted by Crippen LogP contribution is -2.44. The highest BCUT2D eigenvalue weighted by Crippen LogP contribution is 2.16. The number of likely N-dealkylation sites (tertiary alicyclic amines) is 1. The van der Waals surface area contributed by atoms with E-state index in [9.17, 15) is 4.79 Å². The van der Waals surface area contributed by atoms with Crippen LogP contribution in [0.4, 0.5) is 0 Å². The average molecular weight is 312 g/mol. The summed E-state index contributed by atoms with van der Waals surface area (Å²) in [7, 11) is 4.22. The van der Waals surface area contributed by atoms with Gasteiger partial charge in [0.25, 0.3) is 0 Å². The van der Waals surface area contributed by atoms with Gasteiger partial charge >= 0.3 is 0 Å². The van der Waals surface area contributed by atoms with Crippen LogP contribution in [0.2, 0.25) is 0 Å². The normalized spacial score (nSPS) is 16.0. The summed E-state index contributed by atoms with van der Waals surface area (Å²) >= 11 is 0. The fourth-order valence-corrected chi connectivity index (χ4v) is 3.09. The van der Waals surface area contributed by atoms with Gasteiger partial charge < -0.3 is 9.80 Å². The number of aromatic nitrogens is 2. The van der Waals surface area contributed by atoms with Gasteiger partial charge in [-0.2, -0.15) is 5.10 Å². The van der Waals surface area contributed by atoms with E-state index in [2.05, 4.69) is 24.1 Å². The Bertz CT molecular complexity index is 642. The van der Waals surface area contributed by atoms with Crippen LogP contribution in [0, 0.1) is 0 Å². The maximum absolute atomic E-state index is 12.5. The molecule has 0 unspecified atom stereocenters. The molecule has 5 nitrogen and oxygen atoms in total. The first-order valence-corrected chi connectivity index (χ1v) is 8.16. The van der Waals surface area contributed by atoms with Crippen LogP contribution < -0.4 is 0 Å². The minimum atomic E-state index is 0.204. The van der Waals surface area contributed by atoms with Crippen LogP contribution in [0.15, 0.2) is 42.7 Å². The molecule has 0 bridgehead atoms. The van der Waals surface area contributed by atoms with Gasteiger partial charge in [-0.1, -0.05) is 18.2 Å². The maximum Gasteiger partial charge on any atom is 0.227 e. The average Bonchev–Trinajstić information content (AvgIpc) is 3.04. The summed E-state index contributed by atoms with van der Waals surface area (Å²) in [4.78, 5) is 16.7. The Balaban J connectivity index is 1.58. The third-order valence-electron chi connectivity index (χ3n) is 4.56. The van der Waals surface area contributed by atoms with Crippen LogP contribution in [0.3, 0.4) is 0 Å². The Labute approximate surface area is 137 Å². The predicted octanol–water partition coefficient (Wildman–Crippen LogP) is 1.97. The zero-order valence-corrected chi connectivity index (χ0v) is 13.9. The Kier molecular flexibility index (Phi) is 4.76. The minimum absolute atomic E-state index is 0.204. The maximum atomic E-state index is 12.5. The lowest BCUT2D eigenvalue weighted by atomic mass is 10.0. The first-order valence-electron chi connectivity index (χ1n) is 8.16. The Morgan fingerprint density at radius 2 is 1.91 bits per heavy atom. The van der Waals surface area contributed by atoms with E-state index < -0.39 is 0 Å². The number of carbonyl (C=O) groups is 1. The Hall–Kier alpha value is -2.14. The molecule has 1 aromatic heterocycles. The first-order chi connectivity index (χ1) is 11.1. The second-order valence-corrected chi connectivity index (χ2v) is 6.38. The number of carbonyl (C=O) groups excluding carboxylic acids is 1. The molecule has 1 aromatic carbocycles. The topological polar surface area (TPSA) is 41.4 Å². The molecule has 0 spiro atoms. The van der Waals surface area contributed by atoms with Crippen molar-refractivity contribution in [1.29, 1.82) is 0 Å². The monoisotopic (exact) mass is 312 g/mol. The minimum Gasteiger partial charge on any atom is -0.342 e. The molecule has 0 saturated carbocycles. The number of rotatable bonds is 4. The fraction of sp³-hybridized carbons (Fsp3) is 0.444. The van der Waals surface area contributed by atoms with E-state index in [1.807, 2.05) is 46.1 Å². The molecule has 0 aliphatic carbocycles. The summed E-state index contributed by atoms with van der Waals surface area (Å²) in [6, 6.07) is 10.6. The van der Waals surface area contributed by atoms with E-state index in [0.717, 1.165) is 37.2 Å². The summed E-state index contributed by atoms with van der Waals surface area (Å²) < 4.78 is 1.82. The molecule has 1 fully saturated rings. The van der Waals surface area contributed by atoms with Crippen molar-refractivity contribution in [3.63, 3.8) is 0 Å². The number of para-hydroxylation sites is 1. The number of hydrogen-bond acceptors (Lipinski definition) is 3. The van der Waals surface area contributed by atoms with Crippen LogP contribution in [-0.4, -0.2) is 58.7 Å². The lowest BCUT2D eigenvalue weighted by molar-refractivity contribution is -0.131. The van der Waals surface area contributed by atoms with E-state index in [1.54, 1.807) is 6.20 Å². The zero-order chi connectivity index (χ0) is 16.2. The van der Waals surface area contributed by atoms with Gasteiger partial charge in [-0.25, -0.2) is 4.68 Å². The van der Waals surface area contributed by atoms with E-state index in [1.165, 1.54) is 0 Å². The van der Waals surface area contributed by atoms with Gasteiger partial charge in [0.15, 0.2) is 0 Å². The van der Waals surface area contributed by atoms with Crippen molar-refractivity contribution in [3.8, 4) is 5.69 Å². The van der Waals surface area contributed by atoms with Crippen LogP contribution >= 0.6 is 0 Å². The quantitative estimate of drug-likeness (QED) is 0.867. The van der Waals surface area contributed by atoms with Gasteiger partial charge in [-0.3, -0.25) is 4.79 Å². The Morgan fingerprint density at radius 3 is 2.57 bits per heavy atom. The van der Waals surface area contributed by atoms with Gasteiger partial charge in [0.1, 0.15) is 0 Å². The standard InChI is InChI=1S/C18H24N4O/c1-20(2)16-8-10-21(11-9-16)18(23)12-15-13-19-22(14-15)17-6-4-3-5-7-17/h3-7,13-14,16H,8-12H2,1-2H3. The molecule has 2 aromatic rings. The second kappa shape index (κ2) is 6.96. The van der Waals surface area contributed by atoms with Crippen molar-refractivity contribution in [2.24, 2.45) is 0 Å². The molecule has 1 amide bonds. The van der Waals surface area contributed by atoms with Crippen molar-refractivity contribution in [1.82, 2.24) is 19.6 Å². The number of nitrogens with zero attached hydrogens (tertiary/aromatic N) is 4. The summed E-state index contributed by atoms with van der Waals surface area (Å²) in [6.45, 7) is 1.71. The van der Waals surface area contributed by atoms with Gasteiger partial charge in [0.2, 0.25) is 5.91 Å². The fourth-order valence-electron chi connectivity index (χ4n) is 3.09. The molecule has 1 aliphatic rings. The molecule has 23 heavy (non-hydrogen) atoms. The van der Waals surface area contributed by atoms with Crippen LogP contribution in [0.5, 0.6) is 0 Å². The summed E-state index contributed by atoms with van der Waals surface area (Å²) in [5.74, 6) is 0.204. The van der Waals surface area contributed by atoms with Crippen molar-refractivity contribution >= 4 is 5.91 Å². The zero-order valence-electron chi connectivity index (χ0n) is 13.9. The molecule has 0 atom stereocenters. The smallest absolute Gasteiger partial charge is 0.227 e. The van der Waals surface area contributed by atoms with Gasteiger partial charge in [0.05, 0.1) is 18.3 Å². The molecule has 1 aliphatic heterocycles. The Morgan fingerprint density at radius 1 is 1.22 bits per heavy atom. The largest absolute Gasteiger partial charge is 0.342 e. The van der Waals surface area contributed by atoms with E-state index >= 15 is 0 Å². The SMILES string of the molecule is CN(C)C1CCN(C(=O)Cc2cnn(-c3ccccc3)c2)CC1. The van der Waals surface area contributed by atoms with E-state index in [4.69, 9.17) is 0 Å². The second-order valence-electron chi connectivity index (χ2n) is 6.38. The van der Waals surface area contributed by atoms with Crippen molar-refractivity contribution < 1.29 is 4.79 Å². The third-order valence-corrected chi connectivity index (χ3v) is 4.56. The molecule has 3 rings (SSSR count). The van der Waals surface area contributed by atoms with Crippen LogP contribution in [0.25, 0.3) is 5.69 Å². The van der Waals surface area contributed by atoms with Crippen LogP contribution in [0.1, 0.15) is 18.4 Å². The summed E-state index contributed by atoms with van der Waals surface area (Å²) in [5, 5.41) is 4.36. The lowest BCUT2D eigenvalue weighted by Gasteiger charge is -2.35. The number of benzene rings is 1. The molecule has 0 radical (unpaired) electrons. The third kappa shape index (κ3) is 3.79. The van der Waals surface area contributed by atoms with Crippen molar-refractivity contribution in [2.45, 2.75) is 25.3 Å². The number of piperidine rings is 1. The highest BCUT2D eigenvalue weighted by molar-refractivity contribution is 5.78. The summed E-state index contributed by atoms with van der Waals surface area (Å²) in [5.41, 5.74) is 1.98. The van der Waals surface area contributed by atoms with Crippen LogP contribution in [-0.2, 0) is 11.2 Å². The number of hydrogen-bond donors (Lipinski definition) is 0. The highest BCUT2D eigenvalue weighted by atomic mass is 16.2. The molecule has 2 heterocycles. The number of amides is 1. The van der Waals surface area contributed by atoms with Gasteiger partial charge in [-0.15, -0.1) is 0 Å². The van der Waals surface area contributed by atoms with Gasteiger partial charge in [-0.05, 0) is 44.6 Å². The molecular weight excluding hydrogens is 288 g/mol. The molecule has 122 valence electrons. The molecule has 5 heteroatoms. The molecule has 0 N–H and O–H groups in total. The first kappa shape index (κ1) is 15.7. The van der Waals surface area contributed by atoms with Gasteiger partial charge in [0, 0.05) is 25.3 Å². The summed E-state index contributed by atoms with van der Waals surface area (Å²) in [6.07, 6.45) is 6.28.